The van der Waals surface area contributed by atoms with E-state index in [-0.39, 0.29) is 48.4 Å². The molecule has 2 amide bonds. The van der Waals surface area contributed by atoms with E-state index < -0.39 is 5.97 Å². The number of carboxylic acid groups (broad SMARTS) is 1. The lowest BCUT2D eigenvalue weighted by Crippen LogP contribution is -2.45. The monoisotopic (exact) mass is 286 g/mol. The standard InChI is InChI=1S/C10H10N4O4.ClH/c15-7-3-4-8(16)14(7)13-12-9-6(10(17)18)2-1-5-11-9;/h1-2,5,13H,3-4H2,(H,11,12)(H,17,18);1H. The summed E-state index contributed by atoms with van der Waals surface area (Å²) in [5, 5.41) is 9.71. The van der Waals surface area contributed by atoms with Crippen LogP contribution in [0.5, 0.6) is 0 Å². The van der Waals surface area contributed by atoms with E-state index in [1.807, 2.05) is 0 Å². The molecule has 1 aliphatic rings. The van der Waals surface area contributed by atoms with Crippen molar-refractivity contribution in [2.24, 2.45) is 0 Å². The van der Waals surface area contributed by atoms with Crippen LogP contribution in [0, 0.1) is 0 Å². The van der Waals surface area contributed by atoms with Crippen LogP contribution in [0.1, 0.15) is 23.2 Å². The molecule has 102 valence electrons. The summed E-state index contributed by atoms with van der Waals surface area (Å²) in [7, 11) is 0. The van der Waals surface area contributed by atoms with Gasteiger partial charge < -0.3 is 5.11 Å². The molecule has 0 atom stereocenters. The number of nitrogens with zero attached hydrogens (tertiary/aromatic N) is 2. The van der Waals surface area contributed by atoms with E-state index in [9.17, 15) is 14.4 Å². The second kappa shape index (κ2) is 6.12. The number of carboxylic acids is 1. The number of hydrogen-bond donors (Lipinski definition) is 3. The van der Waals surface area contributed by atoms with Crippen LogP contribution in [0.2, 0.25) is 0 Å². The molecule has 0 saturated carbocycles. The number of hydrogen-bond acceptors (Lipinski definition) is 6. The van der Waals surface area contributed by atoms with Crippen molar-refractivity contribution < 1.29 is 19.5 Å². The smallest absolute Gasteiger partial charge is 0.339 e. The van der Waals surface area contributed by atoms with Crippen LogP contribution in [0.25, 0.3) is 0 Å². The van der Waals surface area contributed by atoms with Gasteiger partial charge in [0.1, 0.15) is 5.56 Å². The number of aromatic nitrogens is 1. The van der Waals surface area contributed by atoms with Gasteiger partial charge in [0.25, 0.3) is 0 Å². The highest BCUT2D eigenvalue weighted by Gasteiger charge is 2.29. The van der Waals surface area contributed by atoms with Crippen molar-refractivity contribution in [3.05, 3.63) is 23.9 Å². The van der Waals surface area contributed by atoms with E-state index in [0.29, 0.717) is 0 Å². The van der Waals surface area contributed by atoms with Crippen molar-refractivity contribution in [2.75, 3.05) is 5.43 Å². The maximum atomic E-state index is 11.3. The van der Waals surface area contributed by atoms with Gasteiger partial charge in [-0.25, -0.2) is 9.78 Å². The first-order chi connectivity index (χ1) is 8.59. The number of hydrazine groups is 2. The summed E-state index contributed by atoms with van der Waals surface area (Å²) in [5.41, 5.74) is 4.73. The molecule has 3 N–H and O–H groups in total. The summed E-state index contributed by atoms with van der Waals surface area (Å²) >= 11 is 0. The SMILES string of the molecule is Cl.O=C(O)c1cccnc1NNN1C(=O)CCC1=O. The Kier molecular flexibility index (Phi) is 4.79. The number of carbonyl (C=O) groups excluding carboxylic acids is 2. The highest BCUT2D eigenvalue weighted by atomic mass is 35.5. The molecular weight excluding hydrogens is 276 g/mol. The molecule has 1 saturated heterocycles. The topological polar surface area (TPSA) is 112 Å². The highest BCUT2D eigenvalue weighted by molar-refractivity contribution is 6.01. The number of aromatic carboxylic acids is 1. The van der Waals surface area contributed by atoms with Gasteiger partial charge in [0.05, 0.1) is 0 Å². The first-order valence-electron chi connectivity index (χ1n) is 5.15. The summed E-state index contributed by atoms with van der Waals surface area (Å²) in [6, 6.07) is 2.83. The van der Waals surface area contributed by atoms with Gasteiger partial charge in [0.15, 0.2) is 5.82 Å². The van der Waals surface area contributed by atoms with Crippen LogP contribution in [0.15, 0.2) is 18.3 Å². The predicted octanol–water partition coefficient (Wildman–Crippen LogP) is 0.182. The summed E-state index contributed by atoms with van der Waals surface area (Å²) in [6.45, 7) is 0. The van der Waals surface area contributed by atoms with E-state index in [1.165, 1.54) is 18.3 Å². The second-order valence-corrected chi connectivity index (χ2v) is 3.56. The van der Waals surface area contributed by atoms with Gasteiger partial charge in [-0.15, -0.1) is 17.9 Å². The number of carbonyl (C=O) groups is 3. The third-order valence-corrected chi connectivity index (χ3v) is 2.38. The Hall–Kier alpha value is -2.19. The minimum absolute atomic E-state index is 0. The lowest BCUT2D eigenvalue weighted by Gasteiger charge is -2.16. The van der Waals surface area contributed by atoms with E-state index in [0.717, 1.165) is 5.01 Å². The lowest BCUT2D eigenvalue weighted by molar-refractivity contribution is -0.141. The van der Waals surface area contributed by atoms with Gasteiger partial charge in [0, 0.05) is 19.0 Å². The summed E-state index contributed by atoms with van der Waals surface area (Å²) in [6.07, 6.45) is 1.67. The number of nitrogens with one attached hydrogen (secondary N) is 2. The fourth-order valence-electron chi connectivity index (χ4n) is 1.49. The number of amides is 2. The summed E-state index contributed by atoms with van der Waals surface area (Å²) in [5.74, 6) is -1.88. The predicted molar refractivity (Wildman–Crippen MR) is 66.3 cm³/mol. The Labute approximate surface area is 114 Å². The zero-order valence-corrected chi connectivity index (χ0v) is 10.4. The van der Waals surface area contributed by atoms with Crippen LogP contribution < -0.4 is 11.0 Å². The molecule has 0 unspecified atom stereocenters. The Morgan fingerprint density at radius 3 is 2.53 bits per heavy atom. The van der Waals surface area contributed by atoms with E-state index in [1.54, 1.807) is 0 Å². The molecule has 1 fully saturated rings. The van der Waals surface area contributed by atoms with Gasteiger partial charge in [-0.3, -0.25) is 15.0 Å². The van der Waals surface area contributed by atoms with Crippen LogP contribution in [-0.4, -0.2) is 32.9 Å². The van der Waals surface area contributed by atoms with Crippen LogP contribution in [-0.2, 0) is 9.59 Å². The quantitative estimate of drug-likeness (QED) is 0.535. The molecule has 1 aliphatic heterocycles. The zero-order valence-electron chi connectivity index (χ0n) is 9.62. The average Bonchev–Trinajstić information content (AvgIpc) is 2.67. The first kappa shape index (κ1) is 14.9. The van der Waals surface area contributed by atoms with Crippen LogP contribution in [0.3, 0.4) is 0 Å². The maximum Gasteiger partial charge on any atom is 0.339 e. The average molecular weight is 287 g/mol. The van der Waals surface area contributed by atoms with Crippen molar-refractivity contribution >= 4 is 36.0 Å². The minimum atomic E-state index is -1.16. The van der Waals surface area contributed by atoms with Crippen molar-refractivity contribution in [2.45, 2.75) is 12.8 Å². The fraction of sp³-hybridized carbons (Fsp3) is 0.200. The molecule has 0 bridgehead atoms. The summed E-state index contributed by atoms with van der Waals surface area (Å²) < 4.78 is 0. The van der Waals surface area contributed by atoms with Crippen LogP contribution >= 0.6 is 12.4 Å². The molecule has 0 aliphatic carbocycles. The largest absolute Gasteiger partial charge is 0.478 e. The Morgan fingerprint density at radius 1 is 1.32 bits per heavy atom. The van der Waals surface area contributed by atoms with Gasteiger partial charge in [0.2, 0.25) is 11.8 Å². The number of halogens is 1. The molecular formula is C10H11ClN4O4. The van der Waals surface area contributed by atoms with E-state index in [4.69, 9.17) is 5.11 Å². The van der Waals surface area contributed by atoms with Gasteiger partial charge in [-0.1, -0.05) is 0 Å². The Balaban J connectivity index is 0.00000180. The number of imide groups is 1. The van der Waals surface area contributed by atoms with E-state index in [2.05, 4.69) is 15.9 Å². The third kappa shape index (κ3) is 3.18. The molecule has 1 aromatic rings. The first-order valence-corrected chi connectivity index (χ1v) is 5.15. The van der Waals surface area contributed by atoms with Crippen molar-refractivity contribution in [3.63, 3.8) is 0 Å². The number of rotatable bonds is 4. The van der Waals surface area contributed by atoms with Gasteiger partial charge in [-0.05, 0) is 12.1 Å². The van der Waals surface area contributed by atoms with Crippen molar-refractivity contribution in [1.29, 1.82) is 0 Å². The fourth-order valence-corrected chi connectivity index (χ4v) is 1.49. The van der Waals surface area contributed by atoms with E-state index >= 15 is 0 Å². The summed E-state index contributed by atoms with van der Waals surface area (Å²) in [4.78, 5) is 37.3. The Morgan fingerprint density at radius 2 is 1.95 bits per heavy atom. The molecule has 0 spiro atoms. The van der Waals surface area contributed by atoms with Crippen LogP contribution in [0.4, 0.5) is 5.82 Å². The zero-order chi connectivity index (χ0) is 13.1. The molecule has 0 radical (unpaired) electrons. The number of pyridine rings is 1. The second-order valence-electron chi connectivity index (χ2n) is 3.56. The molecule has 2 rings (SSSR count). The molecule has 19 heavy (non-hydrogen) atoms. The molecule has 2 heterocycles. The molecule has 9 heteroatoms. The normalized spacial score (nSPS) is 14.2. The molecule has 8 nitrogen and oxygen atoms in total. The van der Waals surface area contributed by atoms with Crippen molar-refractivity contribution in [3.8, 4) is 0 Å². The highest BCUT2D eigenvalue weighted by Crippen LogP contribution is 2.12. The number of anilines is 1. The minimum Gasteiger partial charge on any atom is -0.478 e. The maximum absolute atomic E-state index is 11.3. The van der Waals surface area contributed by atoms with Gasteiger partial charge in [-0.2, -0.15) is 5.01 Å². The van der Waals surface area contributed by atoms with Crippen molar-refractivity contribution in [1.82, 2.24) is 15.5 Å². The van der Waals surface area contributed by atoms with Gasteiger partial charge >= 0.3 is 5.97 Å². The molecule has 0 aromatic carbocycles. The Bertz CT molecular complexity index is 506. The lowest BCUT2D eigenvalue weighted by atomic mass is 10.2. The third-order valence-electron chi connectivity index (χ3n) is 2.38. The molecule has 1 aromatic heterocycles.